The maximum atomic E-state index is 12.8. The summed E-state index contributed by atoms with van der Waals surface area (Å²) in [6.45, 7) is 9.31. The molecule has 0 bridgehead atoms. The van der Waals surface area contributed by atoms with Crippen LogP contribution in [0.1, 0.15) is 54.9 Å². The first-order valence-corrected chi connectivity index (χ1v) is 11.6. The number of carbonyl (C=O) groups excluding carboxylic acids is 2. The van der Waals surface area contributed by atoms with Gasteiger partial charge in [-0.1, -0.05) is 54.6 Å². The van der Waals surface area contributed by atoms with Gasteiger partial charge < -0.3 is 9.80 Å². The highest BCUT2D eigenvalue weighted by Gasteiger charge is 2.28. The van der Waals surface area contributed by atoms with Crippen molar-refractivity contribution in [3.05, 3.63) is 83.1 Å². The van der Waals surface area contributed by atoms with Crippen LogP contribution in [0.3, 0.4) is 0 Å². The molecular formula is C28H31N3O2. The number of hydrogen-bond acceptors (Lipinski definition) is 3. The predicted octanol–water partition coefficient (Wildman–Crippen LogP) is 5.09. The molecule has 0 saturated heterocycles. The second-order valence-corrected chi connectivity index (χ2v) is 9.18. The number of benzene rings is 2. The predicted molar refractivity (Wildman–Crippen MR) is 133 cm³/mol. The van der Waals surface area contributed by atoms with Gasteiger partial charge in [0.25, 0.3) is 5.91 Å². The van der Waals surface area contributed by atoms with Crippen molar-refractivity contribution < 1.29 is 9.59 Å². The Morgan fingerprint density at radius 2 is 1.76 bits per heavy atom. The highest BCUT2D eigenvalue weighted by atomic mass is 16.2. The fourth-order valence-electron chi connectivity index (χ4n) is 4.54. The van der Waals surface area contributed by atoms with Gasteiger partial charge in [0.2, 0.25) is 5.91 Å². The normalized spacial score (nSPS) is 13.5. The maximum absolute atomic E-state index is 12.8. The molecule has 0 fully saturated rings. The third-order valence-corrected chi connectivity index (χ3v) is 6.03. The van der Waals surface area contributed by atoms with Crippen LogP contribution in [0.25, 0.3) is 17.0 Å². The largest absolute Gasteiger partial charge is 0.338 e. The average Bonchev–Trinajstić information content (AvgIpc) is 3.07. The first-order valence-electron chi connectivity index (χ1n) is 11.6. The minimum atomic E-state index is -0.0193. The topological polar surface area (TPSA) is 53.5 Å². The summed E-state index contributed by atoms with van der Waals surface area (Å²) in [7, 11) is 0. The Labute approximate surface area is 195 Å². The summed E-state index contributed by atoms with van der Waals surface area (Å²) < 4.78 is 0. The van der Waals surface area contributed by atoms with Crippen LogP contribution in [0.2, 0.25) is 0 Å². The van der Waals surface area contributed by atoms with Crippen LogP contribution in [-0.2, 0) is 17.8 Å². The lowest BCUT2D eigenvalue weighted by atomic mass is 10.1. The molecule has 2 amide bonds. The smallest absolute Gasteiger partial charge is 0.273 e. The van der Waals surface area contributed by atoms with E-state index in [1.165, 1.54) is 0 Å². The van der Waals surface area contributed by atoms with Gasteiger partial charge in [0.05, 0.1) is 11.9 Å². The number of carbonyl (C=O) groups is 2. The van der Waals surface area contributed by atoms with Gasteiger partial charge >= 0.3 is 0 Å². The first-order chi connectivity index (χ1) is 15.8. The van der Waals surface area contributed by atoms with E-state index in [1.807, 2.05) is 98.2 Å². The van der Waals surface area contributed by atoms with Crippen LogP contribution < -0.4 is 0 Å². The zero-order valence-electron chi connectivity index (χ0n) is 19.8. The lowest BCUT2D eigenvalue weighted by Crippen LogP contribution is -2.42. The molecule has 1 aromatic heterocycles. The Kier molecular flexibility index (Phi) is 6.59. The van der Waals surface area contributed by atoms with Gasteiger partial charge in [-0.15, -0.1) is 0 Å². The zero-order chi connectivity index (χ0) is 23.5. The molecule has 4 rings (SSSR count). The molecule has 1 aliphatic rings. The van der Waals surface area contributed by atoms with Crippen LogP contribution in [0, 0.1) is 0 Å². The Morgan fingerprint density at radius 1 is 1.06 bits per heavy atom. The van der Waals surface area contributed by atoms with Crippen molar-refractivity contribution in [2.24, 2.45) is 0 Å². The molecule has 5 heteroatoms. The second-order valence-electron chi connectivity index (χ2n) is 9.18. The number of hydrogen-bond donors (Lipinski definition) is 0. The Hall–Kier alpha value is -3.47. The Morgan fingerprint density at radius 3 is 2.45 bits per heavy atom. The van der Waals surface area contributed by atoms with Crippen LogP contribution in [0.15, 0.2) is 60.7 Å². The number of amides is 2. The molecule has 1 aliphatic heterocycles. The standard InChI is InChI=1S/C28H31N3O2/c1-19(2)31(20(3)4)26(32)16-22-13-11-21(12-14-22)8-7-15-30-18-24-17-23-9-5-6-10-25(23)29-27(24)28(30)33/h5-14,17,19-20H,15-16,18H2,1-4H3/b8-7+. The SMILES string of the molecule is CC(C)N(C(=O)Cc1ccc(/C=C/CN2Cc3cc4ccccc4nc3C2=O)cc1)C(C)C. The summed E-state index contributed by atoms with van der Waals surface area (Å²) in [5.41, 5.74) is 4.45. The summed E-state index contributed by atoms with van der Waals surface area (Å²) in [5, 5.41) is 1.06. The molecule has 0 radical (unpaired) electrons. The van der Waals surface area contributed by atoms with Crippen molar-refractivity contribution >= 4 is 28.8 Å². The van der Waals surface area contributed by atoms with Gasteiger partial charge in [0.15, 0.2) is 0 Å². The molecular weight excluding hydrogens is 410 g/mol. The number of fused-ring (bicyclic) bond motifs is 2. The molecule has 3 aromatic rings. The maximum Gasteiger partial charge on any atom is 0.273 e. The van der Waals surface area contributed by atoms with Gasteiger partial charge in [-0.2, -0.15) is 0 Å². The van der Waals surface area contributed by atoms with Crippen LogP contribution >= 0.6 is 0 Å². The summed E-state index contributed by atoms with van der Waals surface area (Å²) in [6, 6.07) is 18.4. The van der Waals surface area contributed by atoms with E-state index in [0.717, 1.165) is 27.6 Å². The Balaban J connectivity index is 1.36. The molecule has 5 nitrogen and oxygen atoms in total. The monoisotopic (exact) mass is 441 g/mol. The summed E-state index contributed by atoms with van der Waals surface area (Å²) >= 11 is 0. The zero-order valence-corrected chi connectivity index (χ0v) is 19.8. The van der Waals surface area contributed by atoms with Crippen molar-refractivity contribution in [3.8, 4) is 0 Å². The van der Waals surface area contributed by atoms with Crippen molar-refractivity contribution in [1.82, 2.24) is 14.8 Å². The molecule has 0 saturated carbocycles. The van der Waals surface area contributed by atoms with E-state index in [9.17, 15) is 9.59 Å². The van der Waals surface area contributed by atoms with Gasteiger partial charge in [-0.3, -0.25) is 9.59 Å². The van der Waals surface area contributed by atoms with E-state index in [4.69, 9.17) is 0 Å². The lowest BCUT2D eigenvalue weighted by Gasteiger charge is -2.31. The molecule has 2 aromatic carbocycles. The third kappa shape index (κ3) is 4.98. The number of aromatic nitrogens is 1. The van der Waals surface area contributed by atoms with Crippen molar-refractivity contribution in [2.45, 2.75) is 52.7 Å². The van der Waals surface area contributed by atoms with Crippen LogP contribution in [-0.4, -0.2) is 45.2 Å². The molecule has 0 aliphatic carbocycles. The van der Waals surface area contributed by atoms with Gasteiger partial charge in [-0.05, 0) is 51.0 Å². The van der Waals surface area contributed by atoms with Gasteiger partial charge in [0.1, 0.15) is 5.69 Å². The summed E-state index contributed by atoms with van der Waals surface area (Å²) in [4.78, 5) is 33.8. The van der Waals surface area contributed by atoms with E-state index in [2.05, 4.69) is 11.1 Å². The minimum Gasteiger partial charge on any atom is -0.338 e. The number of pyridine rings is 1. The quantitative estimate of drug-likeness (QED) is 0.513. The molecule has 170 valence electrons. The molecule has 33 heavy (non-hydrogen) atoms. The first kappa shape index (κ1) is 22.7. The Bertz CT molecular complexity index is 1190. The highest BCUT2D eigenvalue weighted by Crippen LogP contribution is 2.25. The van der Waals surface area contributed by atoms with Crippen LogP contribution in [0.4, 0.5) is 0 Å². The van der Waals surface area contributed by atoms with Gasteiger partial charge in [0, 0.05) is 36.1 Å². The number of rotatable bonds is 7. The molecule has 0 spiro atoms. The van der Waals surface area contributed by atoms with E-state index >= 15 is 0 Å². The van der Waals surface area contributed by atoms with Crippen LogP contribution in [0.5, 0.6) is 0 Å². The summed E-state index contributed by atoms with van der Waals surface area (Å²) in [5.74, 6) is 0.130. The van der Waals surface area contributed by atoms with Crippen molar-refractivity contribution in [2.75, 3.05) is 6.54 Å². The van der Waals surface area contributed by atoms with Crippen molar-refractivity contribution in [1.29, 1.82) is 0 Å². The molecule has 0 atom stereocenters. The van der Waals surface area contributed by atoms with Crippen molar-refractivity contribution in [3.63, 3.8) is 0 Å². The third-order valence-electron chi connectivity index (χ3n) is 6.03. The minimum absolute atomic E-state index is 0.0193. The average molecular weight is 442 g/mol. The molecule has 0 unspecified atom stereocenters. The highest BCUT2D eigenvalue weighted by molar-refractivity contribution is 5.99. The van der Waals surface area contributed by atoms with Gasteiger partial charge in [-0.25, -0.2) is 4.98 Å². The van der Waals surface area contributed by atoms with E-state index in [1.54, 1.807) is 0 Å². The molecule has 2 heterocycles. The van der Waals surface area contributed by atoms with E-state index in [-0.39, 0.29) is 23.9 Å². The fourth-order valence-corrected chi connectivity index (χ4v) is 4.54. The number of para-hydroxylation sites is 1. The number of nitrogens with zero attached hydrogens (tertiary/aromatic N) is 3. The fraction of sp³-hybridized carbons (Fsp3) is 0.321. The lowest BCUT2D eigenvalue weighted by molar-refractivity contribution is -0.134. The summed E-state index contributed by atoms with van der Waals surface area (Å²) in [6.07, 6.45) is 4.42. The van der Waals surface area contributed by atoms with E-state index in [0.29, 0.717) is 25.2 Å². The molecule has 0 N–H and O–H groups in total. The second kappa shape index (κ2) is 9.57. The van der Waals surface area contributed by atoms with E-state index < -0.39 is 0 Å².